The van der Waals surface area contributed by atoms with Crippen LogP contribution in [0.5, 0.6) is 0 Å². The average molecular weight is 258 g/mol. The summed E-state index contributed by atoms with van der Waals surface area (Å²) in [4.78, 5) is 11.3. The van der Waals surface area contributed by atoms with E-state index in [0.717, 1.165) is 43.0 Å². The Hall–Kier alpha value is -1.88. The Morgan fingerprint density at radius 3 is 2.79 bits per heavy atom. The van der Waals surface area contributed by atoms with Gasteiger partial charge in [-0.1, -0.05) is 12.1 Å². The van der Waals surface area contributed by atoms with Crippen molar-refractivity contribution in [1.82, 2.24) is 9.97 Å². The van der Waals surface area contributed by atoms with Gasteiger partial charge >= 0.3 is 0 Å². The fourth-order valence-electron chi connectivity index (χ4n) is 2.42. The van der Waals surface area contributed by atoms with Crippen molar-refractivity contribution in [3.05, 3.63) is 24.3 Å². The van der Waals surface area contributed by atoms with Gasteiger partial charge in [-0.2, -0.15) is 0 Å². The molecule has 0 radical (unpaired) electrons. The summed E-state index contributed by atoms with van der Waals surface area (Å²) in [5.74, 6) is 1.27. The van der Waals surface area contributed by atoms with E-state index >= 15 is 0 Å². The molecule has 1 saturated heterocycles. The second-order valence-electron chi connectivity index (χ2n) is 4.90. The van der Waals surface area contributed by atoms with Gasteiger partial charge in [0.15, 0.2) is 11.6 Å². The van der Waals surface area contributed by atoms with Crippen molar-refractivity contribution in [1.29, 1.82) is 0 Å². The molecule has 19 heavy (non-hydrogen) atoms. The summed E-state index contributed by atoms with van der Waals surface area (Å²) in [6.45, 7) is 4.57. The van der Waals surface area contributed by atoms with Crippen molar-refractivity contribution in [2.24, 2.45) is 0 Å². The summed E-state index contributed by atoms with van der Waals surface area (Å²) in [7, 11) is 0. The van der Waals surface area contributed by atoms with Crippen LogP contribution in [0.4, 0.5) is 11.6 Å². The van der Waals surface area contributed by atoms with E-state index in [2.05, 4.69) is 21.8 Å². The van der Waals surface area contributed by atoms with Gasteiger partial charge in [0.2, 0.25) is 0 Å². The lowest BCUT2D eigenvalue weighted by Gasteiger charge is -2.24. The van der Waals surface area contributed by atoms with Crippen LogP contribution in [0, 0.1) is 0 Å². The van der Waals surface area contributed by atoms with Crippen LogP contribution in [-0.4, -0.2) is 35.8 Å². The third kappa shape index (κ3) is 2.46. The maximum atomic E-state index is 6.06. The van der Waals surface area contributed by atoms with Crippen LogP contribution in [0.1, 0.15) is 13.3 Å². The molecular formula is C14H18N4O. The van der Waals surface area contributed by atoms with Crippen molar-refractivity contribution in [2.45, 2.75) is 19.4 Å². The Balaban J connectivity index is 2.01. The van der Waals surface area contributed by atoms with Gasteiger partial charge in [0.1, 0.15) is 0 Å². The molecule has 2 N–H and O–H groups in total. The van der Waals surface area contributed by atoms with E-state index < -0.39 is 0 Å². The van der Waals surface area contributed by atoms with E-state index in [1.807, 2.05) is 24.3 Å². The highest BCUT2D eigenvalue weighted by atomic mass is 16.5. The van der Waals surface area contributed by atoms with E-state index in [4.69, 9.17) is 10.5 Å². The normalized spacial score (nSPS) is 20.5. The maximum absolute atomic E-state index is 6.06. The molecule has 0 spiro atoms. The van der Waals surface area contributed by atoms with Crippen LogP contribution in [-0.2, 0) is 4.74 Å². The number of rotatable bonds is 1. The first kappa shape index (κ1) is 12.2. The topological polar surface area (TPSA) is 64.3 Å². The van der Waals surface area contributed by atoms with Crippen LogP contribution in [0.3, 0.4) is 0 Å². The molecule has 1 aromatic carbocycles. The molecule has 1 aliphatic heterocycles. The van der Waals surface area contributed by atoms with E-state index in [-0.39, 0.29) is 6.10 Å². The molecule has 1 atom stereocenters. The molecule has 5 heteroatoms. The van der Waals surface area contributed by atoms with E-state index in [0.29, 0.717) is 5.82 Å². The molecule has 0 aliphatic carbocycles. The molecule has 1 unspecified atom stereocenters. The Kier molecular flexibility index (Phi) is 3.21. The summed E-state index contributed by atoms with van der Waals surface area (Å²) in [6, 6.07) is 7.79. The lowest BCUT2D eigenvalue weighted by molar-refractivity contribution is 0.0820. The largest absolute Gasteiger partial charge is 0.381 e. The summed E-state index contributed by atoms with van der Waals surface area (Å²) in [5, 5.41) is 0. The zero-order valence-electron chi connectivity index (χ0n) is 11.0. The van der Waals surface area contributed by atoms with Gasteiger partial charge in [0, 0.05) is 19.7 Å². The minimum absolute atomic E-state index is 0.190. The zero-order valence-corrected chi connectivity index (χ0v) is 11.0. The van der Waals surface area contributed by atoms with Gasteiger partial charge in [-0.25, -0.2) is 9.97 Å². The molecule has 0 bridgehead atoms. The number of fused-ring (bicyclic) bond motifs is 1. The average Bonchev–Trinajstić information content (AvgIpc) is 2.62. The van der Waals surface area contributed by atoms with Crippen LogP contribution >= 0.6 is 0 Å². The van der Waals surface area contributed by atoms with E-state index in [1.54, 1.807) is 0 Å². The number of para-hydroxylation sites is 2. The monoisotopic (exact) mass is 258 g/mol. The number of nitrogens with zero attached hydrogens (tertiary/aromatic N) is 3. The summed E-state index contributed by atoms with van der Waals surface area (Å²) < 4.78 is 5.65. The number of aromatic nitrogens is 2. The van der Waals surface area contributed by atoms with Gasteiger partial charge in [-0.3, -0.25) is 0 Å². The van der Waals surface area contributed by atoms with Gasteiger partial charge in [0.05, 0.1) is 17.1 Å². The number of nitrogen functional groups attached to an aromatic ring is 1. The van der Waals surface area contributed by atoms with Crippen LogP contribution in [0.2, 0.25) is 0 Å². The fourth-order valence-corrected chi connectivity index (χ4v) is 2.42. The highest BCUT2D eigenvalue weighted by Gasteiger charge is 2.19. The zero-order chi connectivity index (χ0) is 13.2. The minimum atomic E-state index is 0.190. The van der Waals surface area contributed by atoms with Crippen molar-refractivity contribution < 1.29 is 4.74 Å². The molecule has 1 aromatic heterocycles. The van der Waals surface area contributed by atoms with E-state index in [9.17, 15) is 0 Å². The second-order valence-corrected chi connectivity index (χ2v) is 4.90. The first-order chi connectivity index (χ1) is 9.24. The summed E-state index contributed by atoms with van der Waals surface area (Å²) in [6.07, 6.45) is 1.17. The molecular weight excluding hydrogens is 240 g/mol. The third-order valence-corrected chi connectivity index (χ3v) is 3.33. The number of ether oxygens (including phenoxy) is 1. The molecule has 2 heterocycles. The van der Waals surface area contributed by atoms with Crippen molar-refractivity contribution >= 4 is 22.7 Å². The lowest BCUT2D eigenvalue weighted by Crippen LogP contribution is -2.31. The van der Waals surface area contributed by atoms with Crippen molar-refractivity contribution in [3.8, 4) is 0 Å². The number of hydrogen-bond donors (Lipinski definition) is 1. The van der Waals surface area contributed by atoms with Crippen LogP contribution in [0.15, 0.2) is 24.3 Å². The Labute approximate surface area is 112 Å². The number of nitrogens with two attached hydrogens (primary N) is 1. The number of benzene rings is 1. The Bertz CT molecular complexity index is 587. The standard InChI is InChI=1S/C14H18N4O/c1-10-9-18(7-4-8-19-10)14-13(15)16-11-5-2-3-6-12(11)17-14/h2-3,5-6,10H,4,7-9H2,1H3,(H2,15,16). The predicted molar refractivity (Wildman–Crippen MR) is 76.2 cm³/mol. The highest BCUT2D eigenvalue weighted by Crippen LogP contribution is 2.24. The van der Waals surface area contributed by atoms with Gasteiger partial charge in [0.25, 0.3) is 0 Å². The smallest absolute Gasteiger partial charge is 0.172 e. The van der Waals surface area contributed by atoms with Crippen LogP contribution in [0.25, 0.3) is 11.0 Å². The second kappa shape index (κ2) is 5.01. The van der Waals surface area contributed by atoms with Crippen molar-refractivity contribution in [3.63, 3.8) is 0 Å². The first-order valence-corrected chi connectivity index (χ1v) is 6.63. The number of hydrogen-bond acceptors (Lipinski definition) is 5. The van der Waals surface area contributed by atoms with Gasteiger partial charge in [-0.15, -0.1) is 0 Å². The molecule has 0 amide bonds. The fraction of sp³-hybridized carbons (Fsp3) is 0.429. The summed E-state index contributed by atoms with van der Waals surface area (Å²) >= 11 is 0. The highest BCUT2D eigenvalue weighted by molar-refractivity contribution is 5.79. The van der Waals surface area contributed by atoms with Crippen molar-refractivity contribution in [2.75, 3.05) is 30.3 Å². The molecule has 3 rings (SSSR count). The molecule has 100 valence electrons. The molecule has 1 fully saturated rings. The lowest BCUT2D eigenvalue weighted by atomic mass is 10.3. The Morgan fingerprint density at radius 2 is 2.00 bits per heavy atom. The predicted octanol–water partition coefficient (Wildman–Crippen LogP) is 1.83. The van der Waals surface area contributed by atoms with Crippen LogP contribution < -0.4 is 10.6 Å². The molecule has 5 nitrogen and oxygen atoms in total. The third-order valence-electron chi connectivity index (χ3n) is 3.33. The molecule has 2 aromatic rings. The molecule has 0 saturated carbocycles. The SMILES string of the molecule is CC1CN(c2nc3ccccc3nc2N)CCCO1. The Morgan fingerprint density at radius 1 is 1.26 bits per heavy atom. The van der Waals surface area contributed by atoms with E-state index in [1.165, 1.54) is 0 Å². The summed E-state index contributed by atoms with van der Waals surface area (Å²) in [5.41, 5.74) is 7.77. The molecule has 1 aliphatic rings. The number of anilines is 2. The minimum Gasteiger partial charge on any atom is -0.381 e. The van der Waals surface area contributed by atoms with Gasteiger partial charge < -0.3 is 15.4 Å². The quantitative estimate of drug-likeness (QED) is 0.845. The van der Waals surface area contributed by atoms with Gasteiger partial charge in [-0.05, 0) is 25.5 Å². The maximum Gasteiger partial charge on any atom is 0.172 e. The first-order valence-electron chi connectivity index (χ1n) is 6.63.